The molecule has 2 aromatic rings. The first-order chi connectivity index (χ1) is 13.4. The number of ether oxygens (including phenoxy) is 1. The van der Waals surface area contributed by atoms with E-state index in [2.05, 4.69) is 10.6 Å². The number of hydrogen-bond acceptors (Lipinski definition) is 4. The van der Waals surface area contributed by atoms with Gasteiger partial charge in [-0.3, -0.25) is 10.1 Å². The summed E-state index contributed by atoms with van der Waals surface area (Å²) < 4.78 is 45.9. The fourth-order valence-corrected chi connectivity index (χ4v) is 2.87. The lowest BCUT2D eigenvalue weighted by atomic mass is 10.2. The summed E-state index contributed by atoms with van der Waals surface area (Å²) in [5, 5.41) is 5.60. The molecule has 0 saturated carbocycles. The lowest BCUT2D eigenvalue weighted by molar-refractivity contribution is -0.116. The molecule has 0 atom stereocenters. The van der Waals surface area contributed by atoms with Crippen LogP contribution in [0.5, 0.6) is 0 Å². The molecular formula is C20H20F3N3O2. The highest BCUT2D eigenvalue weighted by atomic mass is 19.1. The highest BCUT2D eigenvalue weighted by Gasteiger charge is 2.22. The summed E-state index contributed by atoms with van der Waals surface area (Å²) in [5.74, 6) is -2.67. The SMILES string of the molecule is C/C(=C(/OCc1cccc(F)c1)C(=O)Nc1cc(F)cc(F)c1)N1CCNC1. The monoisotopic (exact) mass is 391 g/mol. The van der Waals surface area contributed by atoms with Crippen molar-refractivity contribution in [3.8, 4) is 0 Å². The average molecular weight is 391 g/mol. The molecule has 1 saturated heterocycles. The number of allylic oxidation sites excluding steroid dienone is 1. The van der Waals surface area contributed by atoms with Crippen molar-refractivity contribution in [2.45, 2.75) is 13.5 Å². The summed E-state index contributed by atoms with van der Waals surface area (Å²) in [5.41, 5.74) is 1.09. The molecule has 148 valence electrons. The molecule has 1 aliphatic rings. The van der Waals surface area contributed by atoms with Gasteiger partial charge in [0.2, 0.25) is 5.76 Å². The third kappa shape index (κ3) is 5.04. The number of rotatable bonds is 6. The van der Waals surface area contributed by atoms with Crippen molar-refractivity contribution in [1.82, 2.24) is 10.2 Å². The van der Waals surface area contributed by atoms with Crippen LogP contribution in [-0.4, -0.2) is 30.6 Å². The summed E-state index contributed by atoms with van der Waals surface area (Å²) in [4.78, 5) is 14.7. The maximum absolute atomic E-state index is 13.4. The van der Waals surface area contributed by atoms with E-state index in [0.29, 0.717) is 30.5 Å². The van der Waals surface area contributed by atoms with Gasteiger partial charge in [-0.1, -0.05) is 12.1 Å². The lowest BCUT2D eigenvalue weighted by Gasteiger charge is -2.21. The Hall–Kier alpha value is -3.00. The smallest absolute Gasteiger partial charge is 0.292 e. The first-order valence-corrected chi connectivity index (χ1v) is 8.73. The van der Waals surface area contributed by atoms with Crippen molar-refractivity contribution in [3.05, 3.63) is 76.9 Å². The Morgan fingerprint density at radius 2 is 1.89 bits per heavy atom. The van der Waals surface area contributed by atoms with Gasteiger partial charge in [-0.25, -0.2) is 13.2 Å². The van der Waals surface area contributed by atoms with Crippen molar-refractivity contribution in [3.63, 3.8) is 0 Å². The molecule has 3 rings (SSSR count). The van der Waals surface area contributed by atoms with Crippen LogP contribution in [0.15, 0.2) is 53.9 Å². The standard InChI is InChI=1S/C20H20F3N3O2/c1-13(26-6-5-24-12-26)19(28-11-14-3-2-4-15(21)7-14)20(27)25-18-9-16(22)8-17(23)10-18/h2-4,7-10,24H,5-6,11-12H2,1H3,(H,25,27)/b19-13-. The van der Waals surface area contributed by atoms with E-state index < -0.39 is 23.4 Å². The average Bonchev–Trinajstić information content (AvgIpc) is 3.15. The second-order valence-electron chi connectivity index (χ2n) is 6.37. The molecule has 1 aliphatic heterocycles. The third-order valence-corrected chi connectivity index (χ3v) is 4.26. The number of carbonyl (C=O) groups is 1. The van der Waals surface area contributed by atoms with E-state index in [-0.39, 0.29) is 18.1 Å². The molecule has 1 amide bonds. The summed E-state index contributed by atoms with van der Waals surface area (Å²) in [6.07, 6.45) is 0. The second-order valence-corrected chi connectivity index (χ2v) is 6.37. The Morgan fingerprint density at radius 3 is 2.54 bits per heavy atom. The Bertz CT molecular complexity index is 876. The molecule has 0 bridgehead atoms. The van der Waals surface area contributed by atoms with Crippen LogP contribution < -0.4 is 10.6 Å². The van der Waals surface area contributed by atoms with E-state index in [9.17, 15) is 18.0 Å². The van der Waals surface area contributed by atoms with Gasteiger partial charge >= 0.3 is 0 Å². The topological polar surface area (TPSA) is 53.6 Å². The van der Waals surface area contributed by atoms with Crippen LogP contribution in [0.1, 0.15) is 12.5 Å². The fraction of sp³-hybridized carbons (Fsp3) is 0.250. The maximum atomic E-state index is 13.4. The summed E-state index contributed by atoms with van der Waals surface area (Å²) >= 11 is 0. The molecule has 0 spiro atoms. The molecular weight excluding hydrogens is 371 g/mol. The van der Waals surface area contributed by atoms with E-state index in [1.807, 2.05) is 4.90 Å². The van der Waals surface area contributed by atoms with Crippen molar-refractivity contribution in [1.29, 1.82) is 0 Å². The highest BCUT2D eigenvalue weighted by Crippen LogP contribution is 2.19. The van der Waals surface area contributed by atoms with Crippen LogP contribution in [0.3, 0.4) is 0 Å². The van der Waals surface area contributed by atoms with Crippen molar-refractivity contribution in [2.24, 2.45) is 0 Å². The summed E-state index contributed by atoms with van der Waals surface area (Å²) in [6, 6.07) is 8.58. The molecule has 0 unspecified atom stereocenters. The molecule has 1 fully saturated rings. The normalized spacial score (nSPS) is 14.6. The van der Waals surface area contributed by atoms with Gasteiger partial charge in [-0.15, -0.1) is 0 Å². The van der Waals surface area contributed by atoms with Crippen LogP contribution in [0.25, 0.3) is 0 Å². The molecule has 1 heterocycles. The van der Waals surface area contributed by atoms with Crippen molar-refractivity contribution < 1.29 is 22.7 Å². The van der Waals surface area contributed by atoms with Gasteiger partial charge in [0.25, 0.3) is 5.91 Å². The molecule has 8 heteroatoms. The minimum absolute atomic E-state index is 0.00219. The van der Waals surface area contributed by atoms with Crippen LogP contribution >= 0.6 is 0 Å². The number of hydrogen-bond donors (Lipinski definition) is 2. The van der Waals surface area contributed by atoms with Gasteiger partial charge in [0, 0.05) is 24.8 Å². The molecule has 0 radical (unpaired) electrons. The molecule has 5 nitrogen and oxygen atoms in total. The van der Waals surface area contributed by atoms with Gasteiger partial charge in [0.15, 0.2) is 0 Å². The predicted molar refractivity (Wildman–Crippen MR) is 98.5 cm³/mol. The van der Waals surface area contributed by atoms with Crippen LogP contribution in [-0.2, 0) is 16.1 Å². The van der Waals surface area contributed by atoms with E-state index in [1.165, 1.54) is 12.1 Å². The number of amides is 1. The Balaban J connectivity index is 1.82. The van der Waals surface area contributed by atoms with E-state index in [0.717, 1.165) is 18.7 Å². The van der Waals surface area contributed by atoms with Crippen LogP contribution in [0.2, 0.25) is 0 Å². The van der Waals surface area contributed by atoms with E-state index in [4.69, 9.17) is 4.74 Å². The summed E-state index contributed by atoms with van der Waals surface area (Å²) in [7, 11) is 0. The third-order valence-electron chi connectivity index (χ3n) is 4.26. The minimum Gasteiger partial charge on any atom is -0.482 e. The van der Waals surface area contributed by atoms with E-state index in [1.54, 1.807) is 19.1 Å². The summed E-state index contributed by atoms with van der Waals surface area (Å²) in [6.45, 7) is 3.67. The molecule has 0 aromatic heterocycles. The zero-order valence-electron chi connectivity index (χ0n) is 15.3. The predicted octanol–water partition coefficient (Wildman–Crippen LogP) is 3.35. The number of halogens is 3. The number of benzene rings is 2. The van der Waals surface area contributed by atoms with Gasteiger partial charge < -0.3 is 15.0 Å². The second kappa shape index (κ2) is 8.79. The van der Waals surface area contributed by atoms with Crippen LogP contribution in [0.4, 0.5) is 18.9 Å². The zero-order chi connectivity index (χ0) is 20.1. The first-order valence-electron chi connectivity index (χ1n) is 8.73. The van der Waals surface area contributed by atoms with Gasteiger partial charge in [-0.05, 0) is 36.8 Å². The number of nitrogens with zero attached hydrogens (tertiary/aromatic N) is 1. The van der Waals surface area contributed by atoms with Gasteiger partial charge in [0.05, 0.1) is 12.4 Å². The first kappa shape index (κ1) is 19.8. The molecule has 28 heavy (non-hydrogen) atoms. The number of nitrogens with one attached hydrogen (secondary N) is 2. The van der Waals surface area contributed by atoms with E-state index >= 15 is 0 Å². The number of anilines is 1. The quantitative estimate of drug-likeness (QED) is 0.586. The Labute approximate surface area is 160 Å². The zero-order valence-corrected chi connectivity index (χ0v) is 15.3. The van der Waals surface area contributed by atoms with Crippen LogP contribution in [0, 0.1) is 17.5 Å². The van der Waals surface area contributed by atoms with Crippen molar-refractivity contribution >= 4 is 11.6 Å². The largest absolute Gasteiger partial charge is 0.482 e. The highest BCUT2D eigenvalue weighted by molar-refractivity contribution is 6.02. The minimum atomic E-state index is -0.804. The Kier molecular flexibility index (Phi) is 6.20. The van der Waals surface area contributed by atoms with Gasteiger partial charge in [-0.2, -0.15) is 0 Å². The Morgan fingerprint density at radius 1 is 1.14 bits per heavy atom. The van der Waals surface area contributed by atoms with Gasteiger partial charge in [0.1, 0.15) is 24.1 Å². The molecule has 2 aromatic carbocycles. The fourth-order valence-electron chi connectivity index (χ4n) is 2.87. The molecule has 2 N–H and O–H groups in total. The maximum Gasteiger partial charge on any atom is 0.292 e. The lowest BCUT2D eigenvalue weighted by Crippen LogP contribution is -2.26. The molecule has 0 aliphatic carbocycles. The number of carbonyl (C=O) groups excluding carboxylic acids is 1. The van der Waals surface area contributed by atoms with Crippen molar-refractivity contribution in [2.75, 3.05) is 25.1 Å².